The monoisotopic (exact) mass is 586 g/mol. The average molecular weight is 587 g/mol. The fraction of sp³-hybridized carbons (Fsp3) is 0. The molecule has 0 atom stereocenters. The molecule has 6 rings (SSSR count). The van der Waals surface area contributed by atoms with Gasteiger partial charge in [0.25, 0.3) is 0 Å². The van der Waals surface area contributed by atoms with E-state index in [1.165, 1.54) is 11.8 Å². The summed E-state index contributed by atoms with van der Waals surface area (Å²) >= 11 is 1.23. The van der Waals surface area contributed by atoms with Crippen molar-refractivity contribution in [1.29, 1.82) is 0 Å². The molecule has 208 valence electrons. The van der Waals surface area contributed by atoms with E-state index >= 15 is 0 Å². The first-order chi connectivity index (χ1) is 21.1. The van der Waals surface area contributed by atoms with Crippen LogP contribution >= 0.6 is 11.8 Å². The Balaban J connectivity index is 0.00000230. The Morgan fingerprint density at radius 3 is 1.02 bits per heavy atom. The third-order valence-electron chi connectivity index (χ3n) is 7.13. The Bertz CT molecular complexity index is 1740. The van der Waals surface area contributed by atoms with Gasteiger partial charge in [0.2, 0.25) is 0 Å². The number of hydrogen-bond donors (Lipinski definition) is 0. The summed E-state index contributed by atoms with van der Waals surface area (Å²) in [5.41, 5.74) is 8.37. The first kappa shape index (κ1) is 33.8. The summed E-state index contributed by atoms with van der Waals surface area (Å²) in [6, 6.07) is 47.4. The quantitative estimate of drug-likeness (QED) is 0.202. The fourth-order valence-electron chi connectivity index (χ4n) is 4.74. The van der Waals surface area contributed by atoms with Crippen molar-refractivity contribution in [3.63, 3.8) is 0 Å². The third-order valence-corrected chi connectivity index (χ3v) is 8.21. The van der Waals surface area contributed by atoms with E-state index in [0.29, 0.717) is 9.79 Å². The van der Waals surface area contributed by atoms with Crippen LogP contribution in [0.3, 0.4) is 0 Å². The predicted octanol–water partition coefficient (Wildman–Crippen LogP) is 3.67. The van der Waals surface area contributed by atoms with Gasteiger partial charge in [-0.1, -0.05) is 181 Å². The second-order valence-corrected chi connectivity index (χ2v) is 11.2. The van der Waals surface area contributed by atoms with Gasteiger partial charge in [0.15, 0.2) is 0 Å². The van der Waals surface area contributed by atoms with Crippen LogP contribution in [0.5, 0.6) is 11.5 Å². The Labute approximate surface area is 293 Å². The van der Waals surface area contributed by atoms with Gasteiger partial charge in [-0.2, -0.15) is 0 Å². The van der Waals surface area contributed by atoms with Crippen LogP contribution in [0.1, 0.15) is 22.3 Å². The Morgan fingerprint density at radius 2 is 0.667 bits per heavy atom. The Morgan fingerprint density at radius 1 is 0.356 bits per heavy atom. The molecule has 5 heteroatoms. The van der Waals surface area contributed by atoms with Crippen LogP contribution < -0.4 is 47.9 Å². The molecule has 0 aromatic heterocycles. The second kappa shape index (κ2) is 16.3. The van der Waals surface area contributed by atoms with Gasteiger partial charge in [-0.3, -0.25) is 0 Å². The molecule has 0 aliphatic heterocycles. The molecule has 0 saturated heterocycles. The summed E-state index contributed by atoms with van der Waals surface area (Å²) in [7, 11) is 0. The van der Waals surface area contributed by atoms with E-state index < -0.39 is 0 Å². The van der Waals surface area contributed by atoms with Crippen LogP contribution in [0.2, 0.25) is 0 Å². The van der Waals surface area contributed by atoms with Crippen molar-refractivity contribution < 1.29 is 47.9 Å². The molecule has 6 aromatic carbocycles. The molecule has 0 aliphatic carbocycles. The number of rotatable bonds is 8. The van der Waals surface area contributed by atoms with E-state index in [1.54, 1.807) is 12.1 Å². The molecule has 0 radical (unpaired) electrons. The second-order valence-electron chi connectivity index (χ2n) is 10.2. The van der Waals surface area contributed by atoms with E-state index in [1.807, 2.05) is 60.7 Å². The molecule has 0 N–H and O–H groups in total. The molecule has 0 aliphatic rings. The zero-order valence-corrected chi connectivity index (χ0v) is 26.2. The molecule has 0 bridgehead atoms. The van der Waals surface area contributed by atoms with Crippen LogP contribution in [0.4, 0.5) is 0 Å². The van der Waals surface area contributed by atoms with Crippen molar-refractivity contribution >= 4 is 36.1 Å². The number of hydrogen-bond acceptors (Lipinski definition) is 3. The molecule has 0 amide bonds. The van der Waals surface area contributed by atoms with E-state index in [2.05, 4.69) is 97.1 Å². The molecule has 0 unspecified atom stereocenters. The van der Waals surface area contributed by atoms with E-state index in [-0.39, 0.29) is 49.2 Å². The zero-order chi connectivity index (χ0) is 29.4. The largest absolute Gasteiger partial charge is 1.00 e. The molecular weight excluding hydrogens is 558 g/mol. The smallest absolute Gasteiger partial charge is 0.872 e. The summed E-state index contributed by atoms with van der Waals surface area (Å²) in [4.78, 5) is 1.06. The fourth-order valence-corrected chi connectivity index (χ4v) is 5.69. The van der Waals surface area contributed by atoms with Gasteiger partial charge in [0, 0.05) is 9.79 Å². The van der Waals surface area contributed by atoms with Crippen molar-refractivity contribution in [2.24, 2.45) is 0 Å². The molecule has 6 aromatic rings. The minimum atomic E-state index is -0.101. The summed E-state index contributed by atoms with van der Waals surface area (Å²) in [6.45, 7) is 0. The first-order valence-electron chi connectivity index (χ1n) is 14.1. The molecule has 0 saturated carbocycles. The Kier molecular flexibility index (Phi) is 12.3. The van der Waals surface area contributed by atoms with Crippen molar-refractivity contribution in [1.82, 2.24) is 0 Å². The maximum absolute atomic E-state index is 12.8. The van der Waals surface area contributed by atoms with Gasteiger partial charge in [0.1, 0.15) is 0 Å². The number of benzene rings is 6. The summed E-state index contributed by atoms with van der Waals surface area (Å²) in [5, 5.41) is 25.6. The van der Waals surface area contributed by atoms with Crippen molar-refractivity contribution in [3.05, 3.63) is 168 Å². The van der Waals surface area contributed by atoms with Crippen LogP contribution in [0.25, 0.3) is 46.6 Å². The van der Waals surface area contributed by atoms with Gasteiger partial charge in [-0.25, -0.2) is 0 Å². The Hall–Kier alpha value is -4.06. The van der Waals surface area contributed by atoms with Gasteiger partial charge < -0.3 is 10.2 Å². The molecule has 0 heterocycles. The minimum absolute atomic E-state index is 0. The van der Waals surface area contributed by atoms with Crippen molar-refractivity contribution in [3.8, 4) is 33.8 Å². The van der Waals surface area contributed by atoms with Gasteiger partial charge in [-0.15, -0.1) is 0 Å². The van der Waals surface area contributed by atoms with Crippen LogP contribution in [0, 0.1) is 0 Å². The maximum Gasteiger partial charge on any atom is 1.00 e. The van der Waals surface area contributed by atoms with E-state index in [0.717, 1.165) is 44.5 Å². The minimum Gasteiger partial charge on any atom is -0.872 e. The van der Waals surface area contributed by atoms with Gasteiger partial charge in [-0.05, 0) is 56.6 Å². The van der Waals surface area contributed by atoms with E-state index in [9.17, 15) is 10.2 Å². The zero-order valence-electron chi connectivity index (χ0n) is 25.4. The average Bonchev–Trinajstić information content (AvgIpc) is 3.06. The normalized spacial score (nSPS) is 10.8. The van der Waals surface area contributed by atoms with Gasteiger partial charge in [0.05, 0.1) is 0 Å². The molecule has 0 spiro atoms. The SMILES string of the molecule is [Li+].[Li+].[O-]c1ccc(-c2ccc(/C=C/c3ccccc3)cc2)cc1Sc1cc(-c2ccc(/C=C/c3ccccc3)cc2)ccc1[O-]. The van der Waals surface area contributed by atoms with Crippen molar-refractivity contribution in [2.75, 3.05) is 0 Å². The van der Waals surface area contributed by atoms with E-state index in [4.69, 9.17) is 0 Å². The summed E-state index contributed by atoms with van der Waals surface area (Å²) in [5.74, 6) is -0.203. The first-order valence-corrected chi connectivity index (χ1v) is 14.9. The topological polar surface area (TPSA) is 46.1 Å². The van der Waals surface area contributed by atoms with Crippen LogP contribution in [-0.2, 0) is 0 Å². The molecular formula is C40H28Li2O2S. The molecule has 0 fully saturated rings. The standard InChI is InChI=1S/C40H30O2S.2Li/c41-37-25-23-35(33-19-15-31(16-20-33)13-11-29-7-3-1-4-8-29)27-39(37)43-40-28-36(24-26-38(40)42)34-21-17-32(18-22-34)14-12-30-9-5-2-6-10-30;;/h1-28,41-42H;;/q;2*+1/p-2/b13-11+,14-12+;;. The predicted molar refractivity (Wildman–Crippen MR) is 178 cm³/mol. The summed E-state index contributed by atoms with van der Waals surface area (Å²) < 4.78 is 0. The van der Waals surface area contributed by atoms with Gasteiger partial charge >= 0.3 is 37.7 Å². The van der Waals surface area contributed by atoms with Crippen LogP contribution in [0.15, 0.2) is 155 Å². The third kappa shape index (κ3) is 9.00. The van der Waals surface area contributed by atoms with Crippen molar-refractivity contribution in [2.45, 2.75) is 9.79 Å². The maximum atomic E-state index is 12.8. The molecule has 45 heavy (non-hydrogen) atoms. The molecule has 2 nitrogen and oxygen atoms in total. The van der Waals surface area contributed by atoms with Crippen LogP contribution in [-0.4, -0.2) is 0 Å². The summed E-state index contributed by atoms with van der Waals surface area (Å²) in [6.07, 6.45) is 8.34.